The Morgan fingerprint density at radius 1 is 1.45 bits per heavy atom. The zero-order chi connectivity index (χ0) is 14.5. The Labute approximate surface area is 120 Å². The smallest absolute Gasteiger partial charge is 0.328 e. The molecule has 0 spiro atoms. The minimum Gasteiger partial charge on any atom is -0.478 e. The van der Waals surface area contributed by atoms with Crippen LogP contribution >= 0.6 is 0 Å². The van der Waals surface area contributed by atoms with Crippen LogP contribution < -0.4 is 4.90 Å². The van der Waals surface area contributed by atoms with Gasteiger partial charge in [-0.15, -0.1) is 0 Å². The summed E-state index contributed by atoms with van der Waals surface area (Å²) in [7, 11) is 0. The first-order valence-corrected chi connectivity index (χ1v) is 7.36. The lowest BCUT2D eigenvalue weighted by Gasteiger charge is -2.26. The lowest BCUT2D eigenvalue weighted by molar-refractivity contribution is -0.131. The predicted molar refractivity (Wildman–Crippen MR) is 83.1 cm³/mol. The highest BCUT2D eigenvalue weighted by Gasteiger charge is 2.24. The Hall–Kier alpha value is -1.77. The van der Waals surface area contributed by atoms with Gasteiger partial charge >= 0.3 is 5.97 Å². The van der Waals surface area contributed by atoms with Crippen molar-refractivity contribution in [1.82, 2.24) is 0 Å². The van der Waals surface area contributed by atoms with E-state index in [1.807, 2.05) is 6.07 Å². The zero-order valence-electron chi connectivity index (χ0n) is 12.3. The van der Waals surface area contributed by atoms with Crippen LogP contribution in [0.15, 0.2) is 24.3 Å². The second kappa shape index (κ2) is 6.60. The van der Waals surface area contributed by atoms with Gasteiger partial charge in [0.1, 0.15) is 0 Å². The third kappa shape index (κ3) is 4.12. The zero-order valence-corrected chi connectivity index (χ0v) is 12.3. The number of nitrogens with zero attached hydrogens (tertiary/aromatic N) is 1. The normalized spacial score (nSPS) is 14.7. The molecule has 1 saturated carbocycles. The second-order valence-corrected chi connectivity index (χ2v) is 5.61. The monoisotopic (exact) mass is 273 g/mol. The molecule has 0 bridgehead atoms. The summed E-state index contributed by atoms with van der Waals surface area (Å²) in [5.74, 6) is -0.0411. The molecule has 1 aromatic rings. The van der Waals surface area contributed by atoms with Gasteiger partial charge in [-0.25, -0.2) is 4.79 Å². The highest BCUT2D eigenvalue weighted by atomic mass is 16.4. The van der Waals surface area contributed by atoms with Gasteiger partial charge in [0.2, 0.25) is 0 Å². The predicted octanol–water partition coefficient (Wildman–Crippen LogP) is 3.72. The first-order valence-electron chi connectivity index (χ1n) is 7.36. The van der Waals surface area contributed by atoms with Crippen molar-refractivity contribution in [3.8, 4) is 0 Å². The lowest BCUT2D eigenvalue weighted by Crippen LogP contribution is -2.27. The Morgan fingerprint density at radius 3 is 2.75 bits per heavy atom. The van der Waals surface area contributed by atoms with E-state index in [4.69, 9.17) is 5.11 Å². The van der Waals surface area contributed by atoms with E-state index in [1.165, 1.54) is 30.2 Å². The maximum atomic E-state index is 10.6. The van der Waals surface area contributed by atoms with Crippen molar-refractivity contribution in [3.63, 3.8) is 0 Å². The van der Waals surface area contributed by atoms with Crippen LogP contribution in [0, 0.1) is 12.8 Å². The number of hydrogen-bond acceptors (Lipinski definition) is 2. The number of rotatable bonds is 7. The van der Waals surface area contributed by atoms with E-state index in [1.54, 1.807) is 6.08 Å². The summed E-state index contributed by atoms with van der Waals surface area (Å²) in [4.78, 5) is 13.0. The minimum atomic E-state index is -0.909. The Kier molecular flexibility index (Phi) is 4.83. The Bertz CT molecular complexity index is 504. The molecule has 0 amide bonds. The van der Waals surface area contributed by atoms with E-state index < -0.39 is 5.97 Å². The lowest BCUT2D eigenvalue weighted by atomic mass is 10.1. The number of hydrogen-bond donors (Lipinski definition) is 1. The highest BCUT2D eigenvalue weighted by Crippen LogP contribution is 2.32. The molecule has 1 N–H and O–H groups in total. The Balaban J connectivity index is 2.15. The fourth-order valence-electron chi connectivity index (χ4n) is 2.50. The fourth-order valence-corrected chi connectivity index (χ4v) is 2.50. The molecular formula is C17H23NO2. The van der Waals surface area contributed by atoms with Crippen molar-refractivity contribution in [3.05, 3.63) is 35.4 Å². The number of carboxylic acids is 1. The van der Waals surface area contributed by atoms with E-state index in [2.05, 4.69) is 30.9 Å². The van der Waals surface area contributed by atoms with Crippen molar-refractivity contribution in [2.75, 3.05) is 18.0 Å². The van der Waals surface area contributed by atoms with Crippen LogP contribution in [0.25, 0.3) is 6.08 Å². The summed E-state index contributed by atoms with van der Waals surface area (Å²) in [6.07, 6.45) is 6.69. The van der Waals surface area contributed by atoms with Crippen LogP contribution in [0.3, 0.4) is 0 Å². The molecule has 0 radical (unpaired) electrons. The van der Waals surface area contributed by atoms with Crippen molar-refractivity contribution < 1.29 is 9.90 Å². The van der Waals surface area contributed by atoms with Crippen LogP contribution in [-0.4, -0.2) is 24.2 Å². The molecule has 0 unspecified atom stereocenters. The van der Waals surface area contributed by atoms with Crippen LogP contribution in [0.4, 0.5) is 5.69 Å². The molecule has 0 atom stereocenters. The van der Waals surface area contributed by atoms with Gasteiger partial charge in [0.25, 0.3) is 0 Å². The molecule has 3 nitrogen and oxygen atoms in total. The largest absolute Gasteiger partial charge is 0.478 e. The highest BCUT2D eigenvalue weighted by molar-refractivity contribution is 5.85. The van der Waals surface area contributed by atoms with Gasteiger partial charge in [-0.3, -0.25) is 0 Å². The van der Waals surface area contributed by atoms with E-state index in [0.29, 0.717) is 0 Å². The van der Waals surface area contributed by atoms with Crippen LogP contribution in [0.5, 0.6) is 0 Å². The van der Waals surface area contributed by atoms with E-state index in [-0.39, 0.29) is 0 Å². The molecule has 1 aromatic carbocycles. The molecule has 1 aliphatic carbocycles. The average molecular weight is 273 g/mol. The van der Waals surface area contributed by atoms with Crippen LogP contribution in [0.1, 0.15) is 37.3 Å². The molecule has 2 rings (SSSR count). The van der Waals surface area contributed by atoms with Gasteiger partial charge in [0, 0.05) is 24.9 Å². The first-order chi connectivity index (χ1) is 9.60. The number of anilines is 1. The maximum Gasteiger partial charge on any atom is 0.328 e. The standard InChI is InChI=1S/C17H23NO2/c1-3-10-18(12-15-4-5-15)16-8-6-14(11-13(16)2)7-9-17(19)20/h6-9,11,15H,3-5,10,12H2,1-2H3,(H,19,20). The van der Waals surface area contributed by atoms with Crippen LogP contribution in [-0.2, 0) is 4.79 Å². The molecule has 108 valence electrons. The van der Waals surface area contributed by atoms with Gasteiger partial charge in [-0.1, -0.05) is 13.0 Å². The molecule has 0 aromatic heterocycles. The topological polar surface area (TPSA) is 40.5 Å². The average Bonchev–Trinajstić information content (AvgIpc) is 3.20. The van der Waals surface area contributed by atoms with Crippen molar-refractivity contribution >= 4 is 17.7 Å². The van der Waals surface area contributed by atoms with Gasteiger partial charge in [0.05, 0.1) is 0 Å². The number of carboxylic acid groups (broad SMARTS) is 1. The van der Waals surface area contributed by atoms with E-state index in [0.717, 1.165) is 31.0 Å². The quantitative estimate of drug-likeness (QED) is 0.770. The van der Waals surface area contributed by atoms with Gasteiger partial charge in [-0.2, -0.15) is 0 Å². The number of carbonyl (C=O) groups is 1. The van der Waals surface area contributed by atoms with E-state index in [9.17, 15) is 4.79 Å². The number of aliphatic carboxylic acids is 1. The Morgan fingerprint density at radius 2 is 2.20 bits per heavy atom. The van der Waals surface area contributed by atoms with Crippen molar-refractivity contribution in [2.24, 2.45) is 5.92 Å². The summed E-state index contributed by atoms with van der Waals surface area (Å²) in [5.41, 5.74) is 3.44. The third-order valence-electron chi connectivity index (χ3n) is 3.65. The van der Waals surface area contributed by atoms with Gasteiger partial charge < -0.3 is 10.0 Å². The first kappa shape index (κ1) is 14.6. The molecule has 20 heavy (non-hydrogen) atoms. The molecule has 1 aliphatic rings. The minimum absolute atomic E-state index is 0.868. The summed E-state index contributed by atoms with van der Waals surface area (Å²) < 4.78 is 0. The van der Waals surface area contributed by atoms with Crippen LogP contribution in [0.2, 0.25) is 0 Å². The molecule has 1 fully saturated rings. The molecule has 0 heterocycles. The summed E-state index contributed by atoms with van der Waals surface area (Å²) >= 11 is 0. The molecule has 0 saturated heterocycles. The molecule has 3 heteroatoms. The summed E-state index contributed by atoms with van der Waals surface area (Å²) in [5, 5.41) is 8.67. The number of benzene rings is 1. The summed E-state index contributed by atoms with van der Waals surface area (Å²) in [6, 6.07) is 6.18. The van der Waals surface area contributed by atoms with Crippen molar-refractivity contribution in [2.45, 2.75) is 33.1 Å². The van der Waals surface area contributed by atoms with Crippen molar-refractivity contribution in [1.29, 1.82) is 0 Å². The second-order valence-electron chi connectivity index (χ2n) is 5.61. The van der Waals surface area contributed by atoms with Gasteiger partial charge in [-0.05, 0) is 61.4 Å². The third-order valence-corrected chi connectivity index (χ3v) is 3.65. The van der Waals surface area contributed by atoms with E-state index >= 15 is 0 Å². The SMILES string of the molecule is CCCN(CC1CC1)c1ccc(C=CC(=O)O)cc1C. The molecule has 0 aliphatic heterocycles. The maximum absolute atomic E-state index is 10.6. The molecular weight excluding hydrogens is 250 g/mol. The fraction of sp³-hybridized carbons (Fsp3) is 0.471. The number of aryl methyl sites for hydroxylation is 1. The summed E-state index contributed by atoms with van der Waals surface area (Å²) in [6.45, 7) is 6.54. The van der Waals surface area contributed by atoms with Gasteiger partial charge in [0.15, 0.2) is 0 Å².